The van der Waals surface area contributed by atoms with Gasteiger partial charge in [-0.3, -0.25) is 14.2 Å². The summed E-state index contributed by atoms with van der Waals surface area (Å²) in [5.74, 6) is -0.483. The first-order valence-corrected chi connectivity index (χ1v) is 10.6. The second kappa shape index (κ2) is 8.94. The second-order valence-electron chi connectivity index (χ2n) is 8.71. The van der Waals surface area contributed by atoms with Crippen LogP contribution in [0.2, 0.25) is 5.02 Å². The average molecular weight is 451 g/mol. The average Bonchev–Trinajstić information content (AvgIpc) is 2.70. The van der Waals surface area contributed by atoms with Gasteiger partial charge in [0.2, 0.25) is 0 Å². The summed E-state index contributed by atoms with van der Waals surface area (Å²) in [7, 11) is 0. The number of aliphatic hydroxyl groups is 2. The van der Waals surface area contributed by atoms with Gasteiger partial charge >= 0.3 is 5.69 Å². The standard InChI is InChI=1S/C21H27ClN4O5/c1-20(2,30)13-25-17(27)11-24-26(19(25)29)14-6-7-16(22)15(10-14)18(28)23-12-21(31)8-4-3-5-9-21/h6-7,10-11,30-31H,3-5,8-9,12-13H2,1-2H3,(H,23,28). The highest BCUT2D eigenvalue weighted by molar-refractivity contribution is 6.33. The number of nitrogens with zero attached hydrogens (tertiary/aromatic N) is 3. The van der Waals surface area contributed by atoms with Gasteiger partial charge in [-0.25, -0.2) is 4.79 Å². The van der Waals surface area contributed by atoms with Gasteiger partial charge in [-0.1, -0.05) is 30.9 Å². The van der Waals surface area contributed by atoms with Gasteiger partial charge < -0.3 is 15.5 Å². The van der Waals surface area contributed by atoms with E-state index in [0.717, 1.165) is 34.7 Å². The van der Waals surface area contributed by atoms with Crippen LogP contribution in [0.5, 0.6) is 0 Å². The van der Waals surface area contributed by atoms with E-state index in [0.29, 0.717) is 12.8 Å². The van der Waals surface area contributed by atoms with E-state index in [1.54, 1.807) is 0 Å². The van der Waals surface area contributed by atoms with E-state index in [1.807, 2.05) is 0 Å². The molecule has 3 rings (SSSR count). The monoisotopic (exact) mass is 450 g/mol. The van der Waals surface area contributed by atoms with Gasteiger partial charge in [-0.15, -0.1) is 0 Å². The lowest BCUT2D eigenvalue weighted by Crippen LogP contribution is -2.45. The van der Waals surface area contributed by atoms with Crippen molar-refractivity contribution in [1.29, 1.82) is 0 Å². The van der Waals surface area contributed by atoms with Crippen LogP contribution in [0.15, 0.2) is 34.0 Å². The van der Waals surface area contributed by atoms with Crippen LogP contribution < -0.4 is 16.6 Å². The largest absolute Gasteiger partial charge is 0.389 e. The molecule has 1 aliphatic rings. The van der Waals surface area contributed by atoms with Gasteiger partial charge in [0, 0.05) is 6.54 Å². The lowest BCUT2D eigenvalue weighted by molar-refractivity contribution is 0.00525. The third-order valence-corrected chi connectivity index (χ3v) is 5.64. The molecule has 31 heavy (non-hydrogen) atoms. The predicted octanol–water partition coefficient (Wildman–Crippen LogP) is 1.24. The Bertz CT molecular complexity index is 1080. The van der Waals surface area contributed by atoms with Crippen LogP contribution in [0.4, 0.5) is 0 Å². The molecular weight excluding hydrogens is 424 g/mol. The molecule has 0 unspecified atom stereocenters. The molecule has 1 amide bonds. The second-order valence-corrected chi connectivity index (χ2v) is 9.11. The number of carbonyl (C=O) groups excluding carboxylic acids is 1. The fraction of sp³-hybridized carbons (Fsp3) is 0.524. The van der Waals surface area contributed by atoms with E-state index in [9.17, 15) is 24.6 Å². The number of carbonyl (C=O) groups is 1. The van der Waals surface area contributed by atoms with Crippen LogP contribution in [0, 0.1) is 0 Å². The molecule has 10 heteroatoms. The zero-order chi connectivity index (χ0) is 22.8. The van der Waals surface area contributed by atoms with E-state index < -0.39 is 28.4 Å². The van der Waals surface area contributed by atoms with Crippen molar-refractivity contribution in [3.8, 4) is 5.69 Å². The van der Waals surface area contributed by atoms with Crippen molar-refractivity contribution in [1.82, 2.24) is 19.7 Å². The topological polar surface area (TPSA) is 126 Å². The molecule has 1 saturated carbocycles. The number of hydrogen-bond acceptors (Lipinski definition) is 6. The summed E-state index contributed by atoms with van der Waals surface area (Å²) in [6, 6.07) is 4.36. The molecule has 168 valence electrons. The Morgan fingerprint density at radius 3 is 2.58 bits per heavy atom. The number of nitrogens with one attached hydrogen (secondary N) is 1. The highest BCUT2D eigenvalue weighted by Gasteiger charge is 2.30. The molecule has 9 nitrogen and oxygen atoms in total. The number of hydrogen-bond donors (Lipinski definition) is 3. The molecule has 1 aromatic carbocycles. The van der Waals surface area contributed by atoms with Crippen molar-refractivity contribution >= 4 is 17.5 Å². The number of aromatic nitrogens is 3. The van der Waals surface area contributed by atoms with Gasteiger partial charge in [0.05, 0.1) is 34.0 Å². The Morgan fingerprint density at radius 2 is 1.94 bits per heavy atom. The lowest BCUT2D eigenvalue weighted by atomic mass is 9.85. The summed E-state index contributed by atoms with van der Waals surface area (Å²) < 4.78 is 1.84. The number of amides is 1. The van der Waals surface area contributed by atoms with Gasteiger partial charge in [0.15, 0.2) is 0 Å². The maximum atomic E-state index is 12.8. The molecule has 1 aromatic heterocycles. The Morgan fingerprint density at radius 1 is 1.26 bits per heavy atom. The van der Waals surface area contributed by atoms with Crippen LogP contribution in [0.3, 0.4) is 0 Å². The van der Waals surface area contributed by atoms with Gasteiger partial charge in [0.25, 0.3) is 11.5 Å². The van der Waals surface area contributed by atoms with Crippen LogP contribution in [-0.2, 0) is 6.54 Å². The SMILES string of the molecule is CC(C)(O)Cn1c(=O)cnn(-c2ccc(Cl)c(C(=O)NCC3(O)CCCCC3)c2)c1=O. The van der Waals surface area contributed by atoms with Crippen LogP contribution >= 0.6 is 11.6 Å². The van der Waals surface area contributed by atoms with E-state index in [2.05, 4.69) is 10.4 Å². The Hall–Kier alpha value is -2.49. The summed E-state index contributed by atoms with van der Waals surface area (Å²) in [4.78, 5) is 37.6. The first-order chi connectivity index (χ1) is 14.5. The summed E-state index contributed by atoms with van der Waals surface area (Å²) in [6.07, 6.45) is 5.13. The van der Waals surface area contributed by atoms with Crippen molar-refractivity contribution in [3.05, 3.63) is 55.8 Å². The van der Waals surface area contributed by atoms with E-state index in [1.165, 1.54) is 32.0 Å². The molecular formula is C21H27ClN4O5. The van der Waals surface area contributed by atoms with E-state index in [4.69, 9.17) is 11.6 Å². The van der Waals surface area contributed by atoms with Crippen LogP contribution in [0.25, 0.3) is 5.69 Å². The number of halogens is 1. The summed E-state index contributed by atoms with van der Waals surface area (Å²) in [6.45, 7) is 2.86. The van der Waals surface area contributed by atoms with Gasteiger partial charge in [-0.2, -0.15) is 9.78 Å². The molecule has 1 fully saturated rings. The lowest BCUT2D eigenvalue weighted by Gasteiger charge is -2.32. The smallest absolute Gasteiger partial charge is 0.352 e. The summed E-state index contributed by atoms with van der Waals surface area (Å²) in [5, 5.41) is 27.4. The molecule has 0 bridgehead atoms. The predicted molar refractivity (Wildman–Crippen MR) is 116 cm³/mol. The highest BCUT2D eigenvalue weighted by atomic mass is 35.5. The van der Waals surface area contributed by atoms with Gasteiger partial charge in [0.1, 0.15) is 6.20 Å². The summed E-state index contributed by atoms with van der Waals surface area (Å²) in [5.41, 5.74) is -3.25. The molecule has 1 aliphatic carbocycles. The minimum Gasteiger partial charge on any atom is -0.389 e. The van der Waals surface area contributed by atoms with Crippen LogP contribution in [-0.4, -0.2) is 48.2 Å². The van der Waals surface area contributed by atoms with Crippen molar-refractivity contribution in [2.75, 3.05) is 6.54 Å². The molecule has 0 atom stereocenters. The summed E-state index contributed by atoms with van der Waals surface area (Å²) >= 11 is 6.20. The zero-order valence-electron chi connectivity index (χ0n) is 17.6. The van der Waals surface area contributed by atoms with E-state index >= 15 is 0 Å². The minimum atomic E-state index is -1.29. The first-order valence-electron chi connectivity index (χ1n) is 10.2. The normalized spacial score (nSPS) is 16.2. The maximum absolute atomic E-state index is 12.8. The van der Waals surface area contributed by atoms with Crippen molar-refractivity contribution < 1.29 is 15.0 Å². The Labute approximate surface area is 184 Å². The number of benzene rings is 1. The van der Waals surface area contributed by atoms with E-state index in [-0.39, 0.29) is 29.4 Å². The van der Waals surface area contributed by atoms with Gasteiger partial charge in [-0.05, 0) is 44.9 Å². The third-order valence-electron chi connectivity index (χ3n) is 5.31. The highest BCUT2D eigenvalue weighted by Crippen LogP contribution is 2.27. The number of rotatable bonds is 6. The Kier molecular flexibility index (Phi) is 6.68. The fourth-order valence-corrected chi connectivity index (χ4v) is 3.89. The Balaban J connectivity index is 1.89. The van der Waals surface area contributed by atoms with Crippen molar-refractivity contribution in [2.24, 2.45) is 0 Å². The fourth-order valence-electron chi connectivity index (χ4n) is 3.69. The van der Waals surface area contributed by atoms with Crippen molar-refractivity contribution in [2.45, 2.75) is 63.7 Å². The quantitative estimate of drug-likeness (QED) is 0.607. The molecule has 0 aliphatic heterocycles. The third kappa shape index (κ3) is 5.61. The molecule has 0 saturated heterocycles. The van der Waals surface area contributed by atoms with Crippen molar-refractivity contribution in [3.63, 3.8) is 0 Å². The molecule has 1 heterocycles. The molecule has 2 aromatic rings. The minimum absolute atomic E-state index is 0.112. The maximum Gasteiger partial charge on any atom is 0.352 e. The molecule has 0 radical (unpaired) electrons. The first kappa shape index (κ1) is 23.2. The van der Waals surface area contributed by atoms with Crippen LogP contribution in [0.1, 0.15) is 56.3 Å². The molecule has 3 N–H and O–H groups in total. The zero-order valence-corrected chi connectivity index (χ0v) is 18.4. The molecule has 0 spiro atoms.